The van der Waals surface area contributed by atoms with Gasteiger partial charge in [0.2, 0.25) is 0 Å². The van der Waals surface area contributed by atoms with Crippen molar-refractivity contribution in [3.05, 3.63) is 35.4 Å². The second-order valence-electron chi connectivity index (χ2n) is 5.55. The van der Waals surface area contributed by atoms with Gasteiger partial charge in [-0.25, -0.2) is 8.78 Å². The molecule has 1 aromatic rings. The van der Waals surface area contributed by atoms with E-state index < -0.39 is 11.6 Å². The first-order chi connectivity index (χ1) is 9.20. The van der Waals surface area contributed by atoms with Crippen LogP contribution >= 0.6 is 0 Å². The van der Waals surface area contributed by atoms with Gasteiger partial charge in [-0.3, -0.25) is 0 Å². The van der Waals surface area contributed by atoms with Crippen LogP contribution in [0.1, 0.15) is 44.6 Å². The molecule has 0 amide bonds. The normalized spacial score (nSPS) is 17.8. The summed E-state index contributed by atoms with van der Waals surface area (Å²) in [5, 5.41) is 3.38. The molecule has 1 aliphatic rings. The van der Waals surface area contributed by atoms with E-state index in [9.17, 15) is 8.78 Å². The molecule has 106 valence electrons. The molecule has 0 spiro atoms. The molecule has 0 saturated heterocycles. The molecule has 1 atom stereocenters. The van der Waals surface area contributed by atoms with Crippen LogP contribution in [0.3, 0.4) is 0 Å². The first kappa shape index (κ1) is 14.4. The highest BCUT2D eigenvalue weighted by Gasteiger charge is 2.21. The summed E-state index contributed by atoms with van der Waals surface area (Å²) in [7, 11) is 0. The van der Waals surface area contributed by atoms with Crippen LogP contribution < -0.4 is 5.32 Å². The zero-order valence-electron chi connectivity index (χ0n) is 11.6. The number of halogens is 2. The highest BCUT2D eigenvalue weighted by Crippen LogP contribution is 2.29. The van der Waals surface area contributed by atoms with E-state index in [0.29, 0.717) is 6.42 Å². The molecule has 3 heteroatoms. The maximum absolute atomic E-state index is 13.7. The molecule has 1 nitrogen and oxygen atoms in total. The Bertz CT molecular complexity index is 379. The van der Waals surface area contributed by atoms with Crippen LogP contribution in [0.15, 0.2) is 18.2 Å². The van der Waals surface area contributed by atoms with E-state index in [1.54, 1.807) is 0 Å². The summed E-state index contributed by atoms with van der Waals surface area (Å²) in [5.41, 5.74) is 0.228. The van der Waals surface area contributed by atoms with Crippen molar-refractivity contribution in [1.82, 2.24) is 5.32 Å². The van der Waals surface area contributed by atoms with Gasteiger partial charge in [0.15, 0.2) is 0 Å². The summed E-state index contributed by atoms with van der Waals surface area (Å²) in [5.74, 6) is -0.123. The van der Waals surface area contributed by atoms with Crippen molar-refractivity contribution in [1.29, 1.82) is 0 Å². The summed E-state index contributed by atoms with van der Waals surface area (Å²) >= 11 is 0. The van der Waals surface area contributed by atoms with Crippen LogP contribution in [0.5, 0.6) is 0 Å². The van der Waals surface area contributed by atoms with Crippen molar-refractivity contribution in [2.24, 2.45) is 5.92 Å². The SMILES string of the molecule is CCNC(Cc1c(F)cccc1F)CC1CCCC1. The van der Waals surface area contributed by atoms with Gasteiger partial charge in [0, 0.05) is 11.6 Å². The van der Waals surface area contributed by atoms with Crippen molar-refractivity contribution in [2.75, 3.05) is 6.54 Å². The third-order valence-corrected chi connectivity index (χ3v) is 4.10. The predicted octanol–water partition coefficient (Wildman–Crippen LogP) is 4.07. The lowest BCUT2D eigenvalue weighted by atomic mass is 9.93. The number of benzene rings is 1. The average molecular weight is 267 g/mol. The maximum atomic E-state index is 13.7. The maximum Gasteiger partial charge on any atom is 0.129 e. The van der Waals surface area contributed by atoms with E-state index in [0.717, 1.165) is 18.9 Å². The first-order valence-electron chi connectivity index (χ1n) is 7.37. The molecule has 1 aliphatic carbocycles. The van der Waals surface area contributed by atoms with Gasteiger partial charge in [-0.05, 0) is 37.4 Å². The first-order valence-corrected chi connectivity index (χ1v) is 7.37. The Kier molecular flexibility index (Phi) is 5.32. The van der Waals surface area contributed by atoms with Gasteiger partial charge in [0.25, 0.3) is 0 Å². The van der Waals surface area contributed by atoms with Gasteiger partial charge >= 0.3 is 0 Å². The third-order valence-electron chi connectivity index (χ3n) is 4.10. The minimum absolute atomic E-state index is 0.180. The van der Waals surface area contributed by atoms with Gasteiger partial charge in [-0.1, -0.05) is 38.7 Å². The van der Waals surface area contributed by atoms with Crippen LogP contribution in [-0.2, 0) is 6.42 Å². The number of hydrogen-bond acceptors (Lipinski definition) is 1. The molecule has 19 heavy (non-hydrogen) atoms. The van der Waals surface area contributed by atoms with Crippen molar-refractivity contribution in [2.45, 2.75) is 51.5 Å². The lowest BCUT2D eigenvalue weighted by Crippen LogP contribution is -2.33. The molecular weight excluding hydrogens is 244 g/mol. The fraction of sp³-hybridized carbons (Fsp3) is 0.625. The molecule has 0 heterocycles. The Hall–Kier alpha value is -0.960. The van der Waals surface area contributed by atoms with Crippen LogP contribution in [0, 0.1) is 17.6 Å². The molecule has 1 aromatic carbocycles. The van der Waals surface area contributed by atoms with E-state index >= 15 is 0 Å². The second kappa shape index (κ2) is 6.99. The largest absolute Gasteiger partial charge is 0.314 e. The molecule has 0 aliphatic heterocycles. The topological polar surface area (TPSA) is 12.0 Å². The Morgan fingerprint density at radius 3 is 2.42 bits per heavy atom. The minimum Gasteiger partial charge on any atom is -0.314 e. The van der Waals surface area contributed by atoms with Gasteiger partial charge in [-0.15, -0.1) is 0 Å². The van der Waals surface area contributed by atoms with Gasteiger partial charge in [-0.2, -0.15) is 0 Å². The molecule has 0 radical (unpaired) electrons. The van der Waals surface area contributed by atoms with Crippen molar-refractivity contribution < 1.29 is 8.78 Å². The summed E-state index contributed by atoms with van der Waals surface area (Å²) in [4.78, 5) is 0. The van der Waals surface area contributed by atoms with Crippen molar-refractivity contribution in [3.63, 3.8) is 0 Å². The standard InChI is InChI=1S/C16H23F2N/c1-2-19-13(10-12-6-3-4-7-12)11-14-15(17)8-5-9-16(14)18/h5,8-9,12-13,19H,2-4,6-7,10-11H2,1H3. The summed E-state index contributed by atoms with van der Waals surface area (Å²) in [6.45, 7) is 2.88. The van der Waals surface area contributed by atoms with Crippen molar-refractivity contribution in [3.8, 4) is 0 Å². The average Bonchev–Trinajstić information content (AvgIpc) is 2.87. The Balaban J connectivity index is 2.02. The molecule has 1 N–H and O–H groups in total. The third kappa shape index (κ3) is 4.00. The molecule has 2 rings (SSSR count). The molecule has 0 bridgehead atoms. The highest BCUT2D eigenvalue weighted by atomic mass is 19.1. The molecular formula is C16H23F2N. The highest BCUT2D eigenvalue weighted by molar-refractivity contribution is 5.20. The van der Waals surface area contributed by atoms with Gasteiger partial charge in [0.05, 0.1) is 0 Å². The zero-order valence-corrected chi connectivity index (χ0v) is 11.6. The van der Waals surface area contributed by atoms with Crippen LogP contribution in [0.4, 0.5) is 8.78 Å². The van der Waals surface area contributed by atoms with Crippen LogP contribution in [0.25, 0.3) is 0 Å². The lowest BCUT2D eigenvalue weighted by molar-refractivity contribution is 0.382. The fourth-order valence-corrected chi connectivity index (χ4v) is 3.15. The lowest BCUT2D eigenvalue weighted by Gasteiger charge is -2.22. The fourth-order valence-electron chi connectivity index (χ4n) is 3.15. The number of nitrogens with one attached hydrogen (secondary N) is 1. The number of hydrogen-bond donors (Lipinski definition) is 1. The van der Waals surface area contributed by atoms with Gasteiger partial charge in [0.1, 0.15) is 11.6 Å². The Morgan fingerprint density at radius 1 is 1.21 bits per heavy atom. The van der Waals surface area contributed by atoms with Crippen molar-refractivity contribution >= 4 is 0 Å². The summed E-state index contributed by atoms with van der Waals surface area (Å²) in [6, 6.07) is 4.29. The van der Waals surface area contributed by atoms with E-state index in [4.69, 9.17) is 0 Å². The summed E-state index contributed by atoms with van der Waals surface area (Å²) < 4.78 is 27.4. The van der Waals surface area contributed by atoms with Crippen LogP contribution in [-0.4, -0.2) is 12.6 Å². The van der Waals surface area contributed by atoms with E-state index in [2.05, 4.69) is 5.32 Å². The summed E-state index contributed by atoms with van der Waals surface area (Å²) in [6.07, 6.45) is 6.61. The molecule has 1 unspecified atom stereocenters. The Labute approximate surface area is 114 Å². The zero-order chi connectivity index (χ0) is 13.7. The van der Waals surface area contributed by atoms with E-state index in [1.165, 1.54) is 43.9 Å². The Morgan fingerprint density at radius 2 is 1.84 bits per heavy atom. The van der Waals surface area contributed by atoms with E-state index in [1.807, 2.05) is 6.92 Å². The van der Waals surface area contributed by atoms with Crippen LogP contribution in [0.2, 0.25) is 0 Å². The monoisotopic (exact) mass is 267 g/mol. The quantitative estimate of drug-likeness (QED) is 0.819. The number of rotatable bonds is 6. The predicted molar refractivity (Wildman–Crippen MR) is 74.1 cm³/mol. The van der Waals surface area contributed by atoms with Gasteiger partial charge < -0.3 is 5.32 Å². The molecule has 1 fully saturated rings. The smallest absolute Gasteiger partial charge is 0.129 e. The second-order valence-corrected chi connectivity index (χ2v) is 5.55. The molecule has 1 saturated carbocycles. The minimum atomic E-state index is -0.422. The molecule has 0 aromatic heterocycles. The van der Waals surface area contributed by atoms with E-state index in [-0.39, 0.29) is 11.6 Å². The number of likely N-dealkylation sites (N-methyl/N-ethyl adjacent to an activating group) is 1.